The van der Waals surface area contributed by atoms with Gasteiger partial charge in [-0.15, -0.1) is 0 Å². The van der Waals surface area contributed by atoms with Gasteiger partial charge in [-0.05, 0) is 29.5 Å². The van der Waals surface area contributed by atoms with Gasteiger partial charge in [-0.3, -0.25) is 0 Å². The zero-order valence-corrected chi connectivity index (χ0v) is 9.61. The van der Waals surface area contributed by atoms with Gasteiger partial charge in [0.2, 0.25) is 0 Å². The van der Waals surface area contributed by atoms with E-state index in [-0.39, 0.29) is 5.41 Å². The van der Waals surface area contributed by atoms with Crippen molar-refractivity contribution in [3.05, 3.63) is 71.3 Å². The van der Waals surface area contributed by atoms with Crippen molar-refractivity contribution in [2.75, 3.05) is 0 Å². The van der Waals surface area contributed by atoms with E-state index < -0.39 is 0 Å². The lowest BCUT2D eigenvalue weighted by Gasteiger charge is -2.26. The second-order valence-electron chi connectivity index (χ2n) is 4.86. The van der Waals surface area contributed by atoms with Gasteiger partial charge in [0.1, 0.15) is 0 Å². The van der Waals surface area contributed by atoms with Crippen LogP contribution in [0.4, 0.5) is 0 Å². The number of hydrogen-bond donors (Lipinski definition) is 0. The SMILES string of the molecule is CC1(c2ccccc2)CCc2ccccc21. The molecule has 2 aromatic rings. The van der Waals surface area contributed by atoms with Crippen LogP contribution < -0.4 is 0 Å². The molecule has 0 aromatic heterocycles. The molecule has 0 aliphatic heterocycles. The molecule has 0 radical (unpaired) electrons. The van der Waals surface area contributed by atoms with Crippen LogP contribution in [0.5, 0.6) is 0 Å². The molecule has 80 valence electrons. The van der Waals surface area contributed by atoms with Crippen LogP contribution in [-0.4, -0.2) is 0 Å². The first-order valence-corrected chi connectivity index (χ1v) is 5.95. The third kappa shape index (κ3) is 1.30. The van der Waals surface area contributed by atoms with Crippen molar-refractivity contribution in [1.82, 2.24) is 0 Å². The maximum absolute atomic E-state index is 2.37. The molecule has 0 fully saturated rings. The molecular weight excluding hydrogens is 192 g/mol. The number of benzene rings is 2. The number of hydrogen-bond acceptors (Lipinski definition) is 0. The average molecular weight is 208 g/mol. The van der Waals surface area contributed by atoms with Gasteiger partial charge in [0.15, 0.2) is 0 Å². The highest BCUT2D eigenvalue weighted by Crippen LogP contribution is 2.43. The lowest BCUT2D eigenvalue weighted by Crippen LogP contribution is -2.19. The number of fused-ring (bicyclic) bond motifs is 1. The quantitative estimate of drug-likeness (QED) is 0.666. The molecule has 0 spiro atoms. The normalized spacial score (nSPS) is 23.1. The summed E-state index contributed by atoms with van der Waals surface area (Å²) in [5.41, 5.74) is 4.70. The molecule has 2 aromatic carbocycles. The monoisotopic (exact) mass is 208 g/mol. The minimum absolute atomic E-state index is 0.220. The van der Waals surface area contributed by atoms with Gasteiger partial charge in [-0.2, -0.15) is 0 Å². The highest BCUT2D eigenvalue weighted by atomic mass is 14.4. The molecule has 0 heterocycles. The van der Waals surface area contributed by atoms with Gasteiger partial charge < -0.3 is 0 Å². The van der Waals surface area contributed by atoms with Crippen molar-refractivity contribution in [2.24, 2.45) is 0 Å². The van der Waals surface area contributed by atoms with Crippen LogP contribution in [0.15, 0.2) is 54.6 Å². The van der Waals surface area contributed by atoms with Gasteiger partial charge in [-0.25, -0.2) is 0 Å². The van der Waals surface area contributed by atoms with Crippen molar-refractivity contribution in [2.45, 2.75) is 25.2 Å². The summed E-state index contributed by atoms with van der Waals surface area (Å²) >= 11 is 0. The van der Waals surface area contributed by atoms with E-state index in [2.05, 4.69) is 61.5 Å². The summed E-state index contributed by atoms with van der Waals surface area (Å²) in [5.74, 6) is 0. The third-order valence-electron chi connectivity index (χ3n) is 3.92. The van der Waals surface area contributed by atoms with E-state index in [1.807, 2.05) is 0 Å². The second-order valence-corrected chi connectivity index (χ2v) is 4.86. The van der Waals surface area contributed by atoms with Crippen LogP contribution in [0.1, 0.15) is 30.0 Å². The summed E-state index contributed by atoms with van der Waals surface area (Å²) in [5, 5.41) is 0. The highest BCUT2D eigenvalue weighted by Gasteiger charge is 2.35. The summed E-state index contributed by atoms with van der Waals surface area (Å²) in [6, 6.07) is 19.7. The molecule has 0 nitrogen and oxygen atoms in total. The molecule has 0 heteroatoms. The second kappa shape index (κ2) is 3.48. The topological polar surface area (TPSA) is 0 Å². The Kier molecular flexibility index (Phi) is 2.10. The van der Waals surface area contributed by atoms with Crippen molar-refractivity contribution in [1.29, 1.82) is 0 Å². The minimum atomic E-state index is 0.220. The van der Waals surface area contributed by atoms with E-state index in [1.165, 1.54) is 29.5 Å². The Morgan fingerprint density at radius 2 is 1.56 bits per heavy atom. The highest BCUT2D eigenvalue weighted by molar-refractivity contribution is 5.46. The lowest BCUT2D eigenvalue weighted by atomic mass is 9.77. The Balaban J connectivity index is 2.15. The largest absolute Gasteiger partial charge is 0.0622 e. The Bertz CT molecular complexity index is 498. The Labute approximate surface area is 96.9 Å². The van der Waals surface area contributed by atoms with Gasteiger partial charge in [-0.1, -0.05) is 61.5 Å². The summed E-state index contributed by atoms with van der Waals surface area (Å²) in [4.78, 5) is 0. The molecule has 1 aliphatic carbocycles. The van der Waals surface area contributed by atoms with E-state index in [0.717, 1.165) is 0 Å². The molecule has 0 N–H and O–H groups in total. The molecule has 16 heavy (non-hydrogen) atoms. The molecule has 0 bridgehead atoms. The van der Waals surface area contributed by atoms with Crippen molar-refractivity contribution >= 4 is 0 Å². The van der Waals surface area contributed by atoms with Crippen LogP contribution in [0.3, 0.4) is 0 Å². The molecule has 0 amide bonds. The maximum atomic E-state index is 2.37. The fraction of sp³-hybridized carbons (Fsp3) is 0.250. The predicted molar refractivity (Wildman–Crippen MR) is 67.7 cm³/mol. The molecule has 1 unspecified atom stereocenters. The number of rotatable bonds is 1. The van der Waals surface area contributed by atoms with Crippen LogP contribution in [0, 0.1) is 0 Å². The fourth-order valence-electron chi connectivity index (χ4n) is 2.90. The number of aryl methyl sites for hydroxylation is 1. The molecule has 1 atom stereocenters. The summed E-state index contributed by atoms with van der Waals surface area (Å²) in [6.07, 6.45) is 2.44. The first-order valence-electron chi connectivity index (χ1n) is 5.95. The predicted octanol–water partition coefficient (Wildman–Crippen LogP) is 3.94. The zero-order valence-electron chi connectivity index (χ0n) is 9.61. The Morgan fingerprint density at radius 3 is 2.38 bits per heavy atom. The molecule has 0 saturated heterocycles. The summed E-state index contributed by atoms with van der Waals surface area (Å²) in [6.45, 7) is 2.37. The molecular formula is C16H16. The average Bonchev–Trinajstić information content (AvgIpc) is 2.71. The lowest BCUT2D eigenvalue weighted by molar-refractivity contribution is 0.566. The standard InChI is InChI=1S/C16H16/c1-16(14-8-3-2-4-9-14)12-11-13-7-5-6-10-15(13)16/h2-10H,11-12H2,1H3. The van der Waals surface area contributed by atoms with Crippen LogP contribution >= 0.6 is 0 Å². The van der Waals surface area contributed by atoms with Crippen LogP contribution in [-0.2, 0) is 11.8 Å². The van der Waals surface area contributed by atoms with Crippen LogP contribution in [0.25, 0.3) is 0 Å². The Hall–Kier alpha value is -1.56. The van der Waals surface area contributed by atoms with E-state index in [1.54, 1.807) is 0 Å². The first-order chi connectivity index (χ1) is 7.81. The zero-order chi connectivity index (χ0) is 11.0. The van der Waals surface area contributed by atoms with Crippen molar-refractivity contribution in [3.63, 3.8) is 0 Å². The Morgan fingerprint density at radius 1 is 0.875 bits per heavy atom. The first kappa shape index (κ1) is 9.65. The van der Waals surface area contributed by atoms with E-state index in [9.17, 15) is 0 Å². The molecule has 3 rings (SSSR count). The smallest absolute Gasteiger partial charge is 0.0180 e. The van der Waals surface area contributed by atoms with Gasteiger partial charge >= 0.3 is 0 Å². The maximum Gasteiger partial charge on any atom is 0.0180 e. The summed E-state index contributed by atoms with van der Waals surface area (Å²) < 4.78 is 0. The molecule has 1 aliphatic rings. The van der Waals surface area contributed by atoms with E-state index >= 15 is 0 Å². The summed E-state index contributed by atoms with van der Waals surface area (Å²) in [7, 11) is 0. The van der Waals surface area contributed by atoms with Gasteiger partial charge in [0.05, 0.1) is 0 Å². The van der Waals surface area contributed by atoms with Crippen molar-refractivity contribution < 1.29 is 0 Å². The van der Waals surface area contributed by atoms with Gasteiger partial charge in [0, 0.05) is 5.41 Å². The van der Waals surface area contributed by atoms with E-state index in [0.29, 0.717) is 0 Å². The van der Waals surface area contributed by atoms with Crippen LogP contribution in [0.2, 0.25) is 0 Å². The third-order valence-corrected chi connectivity index (χ3v) is 3.92. The fourth-order valence-corrected chi connectivity index (χ4v) is 2.90. The minimum Gasteiger partial charge on any atom is -0.0622 e. The van der Waals surface area contributed by atoms with Gasteiger partial charge in [0.25, 0.3) is 0 Å². The van der Waals surface area contributed by atoms with Crippen molar-refractivity contribution in [3.8, 4) is 0 Å². The van der Waals surface area contributed by atoms with E-state index in [4.69, 9.17) is 0 Å². The molecule has 0 saturated carbocycles.